The van der Waals surface area contributed by atoms with E-state index in [9.17, 15) is 9.90 Å². The number of carbonyl (C=O) groups is 1. The summed E-state index contributed by atoms with van der Waals surface area (Å²) in [7, 11) is 3.05. The highest BCUT2D eigenvalue weighted by Gasteiger charge is 2.32. The first-order valence-corrected chi connectivity index (χ1v) is 10.7. The van der Waals surface area contributed by atoms with Crippen molar-refractivity contribution < 1.29 is 24.1 Å². The van der Waals surface area contributed by atoms with Crippen LogP contribution >= 0.6 is 22.9 Å². The Morgan fingerprint density at radius 3 is 2.71 bits per heavy atom. The highest BCUT2D eigenvalue weighted by atomic mass is 35.5. The second kappa shape index (κ2) is 9.23. The van der Waals surface area contributed by atoms with E-state index in [2.05, 4.69) is 4.98 Å². The number of nitrogens with zero attached hydrogens (tertiary/aromatic N) is 2. The van der Waals surface area contributed by atoms with Gasteiger partial charge in [0.05, 0.1) is 40.7 Å². The number of carbonyl (C=O) groups excluding carboxylic acids is 1. The summed E-state index contributed by atoms with van der Waals surface area (Å²) in [6, 6.07) is 10.9. The first-order valence-electron chi connectivity index (χ1n) is 9.54. The average molecular weight is 461 g/mol. The van der Waals surface area contributed by atoms with Crippen LogP contribution in [0, 0.1) is 0 Å². The Labute approximate surface area is 188 Å². The molecule has 1 aliphatic rings. The fraction of sp³-hybridized carbons (Fsp3) is 0.273. The molecule has 0 aliphatic carbocycles. The van der Waals surface area contributed by atoms with Crippen LogP contribution in [-0.4, -0.2) is 49.5 Å². The van der Waals surface area contributed by atoms with Crippen molar-refractivity contribution in [3.8, 4) is 22.1 Å². The van der Waals surface area contributed by atoms with Crippen LogP contribution < -0.4 is 14.4 Å². The van der Waals surface area contributed by atoms with E-state index in [0.29, 0.717) is 33.6 Å². The van der Waals surface area contributed by atoms with Gasteiger partial charge in [-0.3, -0.25) is 9.78 Å². The molecule has 0 radical (unpaired) electrons. The van der Waals surface area contributed by atoms with Crippen molar-refractivity contribution in [2.75, 3.05) is 32.3 Å². The molecule has 31 heavy (non-hydrogen) atoms. The smallest absolute Gasteiger partial charge is 0.269 e. The molecular formula is C22H21ClN2O5S. The second-order valence-electron chi connectivity index (χ2n) is 6.97. The molecule has 1 atom stereocenters. The average Bonchev–Trinajstić information content (AvgIpc) is 3.32. The molecule has 3 aromatic rings. The van der Waals surface area contributed by atoms with Gasteiger partial charge in [-0.15, -0.1) is 11.3 Å². The number of fused-ring (bicyclic) bond motifs is 1. The van der Waals surface area contributed by atoms with Gasteiger partial charge < -0.3 is 24.2 Å². The number of anilines is 1. The summed E-state index contributed by atoms with van der Waals surface area (Å²) in [6.45, 7) is 0.720. The molecule has 1 unspecified atom stereocenters. The van der Waals surface area contributed by atoms with Crippen LogP contribution in [0.25, 0.3) is 10.6 Å². The molecule has 0 spiro atoms. The highest BCUT2D eigenvalue weighted by Crippen LogP contribution is 2.40. The Kier molecular flexibility index (Phi) is 6.43. The maximum atomic E-state index is 13.0. The molecule has 0 saturated carbocycles. The third kappa shape index (κ3) is 4.52. The van der Waals surface area contributed by atoms with Crippen molar-refractivity contribution in [3.63, 3.8) is 0 Å². The van der Waals surface area contributed by atoms with Gasteiger partial charge in [0.2, 0.25) is 0 Å². The number of benzene rings is 1. The van der Waals surface area contributed by atoms with E-state index in [1.165, 1.54) is 25.6 Å². The zero-order valence-corrected chi connectivity index (χ0v) is 18.6. The number of rotatable bonds is 8. The Hall–Kier alpha value is -2.65. The molecule has 1 aromatic carbocycles. The largest absolute Gasteiger partial charge is 0.493 e. The summed E-state index contributed by atoms with van der Waals surface area (Å²) >= 11 is 7.34. The number of pyridine rings is 1. The molecule has 0 fully saturated rings. The van der Waals surface area contributed by atoms with Crippen LogP contribution in [0.3, 0.4) is 0 Å². The van der Waals surface area contributed by atoms with Gasteiger partial charge in [0.15, 0.2) is 11.5 Å². The van der Waals surface area contributed by atoms with E-state index >= 15 is 0 Å². The lowest BCUT2D eigenvalue weighted by atomic mass is 10.2. The molecule has 1 aliphatic heterocycles. The Morgan fingerprint density at radius 2 is 2.03 bits per heavy atom. The molecule has 2 aromatic heterocycles. The van der Waals surface area contributed by atoms with Gasteiger partial charge in [-0.2, -0.15) is 0 Å². The van der Waals surface area contributed by atoms with Crippen LogP contribution in [0.4, 0.5) is 5.69 Å². The summed E-state index contributed by atoms with van der Waals surface area (Å²) in [5.41, 5.74) is 2.46. The van der Waals surface area contributed by atoms with E-state index in [1.54, 1.807) is 35.4 Å². The summed E-state index contributed by atoms with van der Waals surface area (Å²) < 4.78 is 16.0. The Balaban J connectivity index is 1.51. The predicted octanol–water partition coefficient (Wildman–Crippen LogP) is 4.02. The summed E-state index contributed by atoms with van der Waals surface area (Å²) in [6.07, 6.45) is 0.856. The van der Waals surface area contributed by atoms with Gasteiger partial charge in [-0.25, -0.2) is 0 Å². The van der Waals surface area contributed by atoms with E-state index < -0.39 is 6.10 Å². The minimum absolute atomic E-state index is 0.0635. The predicted molar refractivity (Wildman–Crippen MR) is 119 cm³/mol. The van der Waals surface area contributed by atoms with Crippen LogP contribution in [0.1, 0.15) is 15.2 Å². The van der Waals surface area contributed by atoms with Crippen molar-refractivity contribution >= 4 is 34.5 Å². The molecule has 9 heteroatoms. The number of thiophene rings is 1. The quantitative estimate of drug-likeness (QED) is 0.547. The number of methoxy groups -OCH3 is 2. The van der Waals surface area contributed by atoms with Gasteiger partial charge in [0.1, 0.15) is 12.7 Å². The van der Waals surface area contributed by atoms with Crippen molar-refractivity contribution in [2.45, 2.75) is 12.6 Å². The Morgan fingerprint density at radius 1 is 1.19 bits per heavy atom. The Bertz CT molecular complexity index is 1090. The van der Waals surface area contributed by atoms with Gasteiger partial charge in [0.25, 0.3) is 5.91 Å². The fourth-order valence-electron chi connectivity index (χ4n) is 3.32. The third-order valence-corrected chi connectivity index (χ3v) is 6.22. The van der Waals surface area contributed by atoms with E-state index in [4.69, 9.17) is 25.8 Å². The second-order valence-corrected chi connectivity index (χ2v) is 8.46. The molecule has 1 amide bonds. The SMILES string of the molecule is COCC(O)COc1ccc(N2Cc3cc(-c4ccc(Cl)cn4)sc3C2=O)cc1OC. The molecule has 4 rings (SSSR count). The normalized spacial score (nSPS) is 13.9. The number of aliphatic hydroxyl groups excluding tert-OH is 1. The molecule has 7 nitrogen and oxygen atoms in total. The molecule has 3 heterocycles. The van der Waals surface area contributed by atoms with Crippen molar-refractivity contribution in [3.05, 3.63) is 58.1 Å². The van der Waals surface area contributed by atoms with Crippen molar-refractivity contribution in [1.29, 1.82) is 0 Å². The van der Waals surface area contributed by atoms with Crippen LogP contribution in [0.2, 0.25) is 5.02 Å². The molecular weight excluding hydrogens is 440 g/mol. The summed E-state index contributed by atoms with van der Waals surface area (Å²) in [5, 5.41) is 10.4. The summed E-state index contributed by atoms with van der Waals surface area (Å²) in [4.78, 5) is 20.7. The lowest BCUT2D eigenvalue weighted by Gasteiger charge is -2.19. The van der Waals surface area contributed by atoms with Crippen LogP contribution in [0.15, 0.2) is 42.6 Å². The maximum absolute atomic E-state index is 13.0. The van der Waals surface area contributed by atoms with E-state index in [0.717, 1.165) is 16.1 Å². The number of halogens is 1. The number of hydrogen-bond donors (Lipinski definition) is 1. The molecule has 162 valence electrons. The van der Waals surface area contributed by atoms with Gasteiger partial charge in [0, 0.05) is 25.1 Å². The minimum Gasteiger partial charge on any atom is -0.493 e. The maximum Gasteiger partial charge on any atom is 0.269 e. The molecule has 0 saturated heterocycles. The first kappa shape index (κ1) is 21.6. The summed E-state index contributed by atoms with van der Waals surface area (Å²) in [5.74, 6) is 0.904. The lowest BCUT2D eigenvalue weighted by molar-refractivity contribution is 0.0319. The standard InChI is InChI=1S/C22H21ClN2O5S/c1-28-11-16(26)12-30-18-6-4-15(8-19(18)29-2)25-10-13-7-20(31-21(13)22(25)27)17-5-3-14(23)9-24-17/h3-9,16,26H,10-12H2,1-2H3. The fourth-order valence-corrected chi connectivity index (χ4v) is 4.53. The van der Waals surface area contributed by atoms with Gasteiger partial charge in [-0.05, 0) is 35.9 Å². The van der Waals surface area contributed by atoms with Gasteiger partial charge >= 0.3 is 0 Å². The topological polar surface area (TPSA) is 81.1 Å². The first-order chi connectivity index (χ1) is 15.0. The number of hydrogen-bond acceptors (Lipinski definition) is 7. The number of ether oxygens (including phenoxy) is 3. The number of aromatic nitrogens is 1. The molecule has 1 N–H and O–H groups in total. The molecule has 0 bridgehead atoms. The van der Waals surface area contributed by atoms with Crippen LogP contribution in [0.5, 0.6) is 11.5 Å². The highest BCUT2D eigenvalue weighted by molar-refractivity contribution is 7.17. The van der Waals surface area contributed by atoms with Crippen molar-refractivity contribution in [1.82, 2.24) is 4.98 Å². The third-order valence-electron chi connectivity index (χ3n) is 4.81. The zero-order chi connectivity index (χ0) is 22.0. The zero-order valence-electron chi connectivity index (χ0n) is 17.0. The number of amides is 1. The van der Waals surface area contributed by atoms with E-state index in [1.807, 2.05) is 12.1 Å². The van der Waals surface area contributed by atoms with Crippen LogP contribution in [-0.2, 0) is 11.3 Å². The lowest BCUT2D eigenvalue weighted by Crippen LogP contribution is -2.24. The monoisotopic (exact) mass is 460 g/mol. The van der Waals surface area contributed by atoms with Crippen molar-refractivity contribution in [2.24, 2.45) is 0 Å². The van der Waals surface area contributed by atoms with Gasteiger partial charge in [-0.1, -0.05) is 11.6 Å². The number of aliphatic hydroxyl groups is 1. The van der Waals surface area contributed by atoms with E-state index in [-0.39, 0.29) is 19.1 Å². The minimum atomic E-state index is -0.741.